The number of nitrogen functional groups attached to an aromatic ring is 1. The third kappa shape index (κ3) is 2.70. The molecule has 0 aliphatic carbocycles. The molecule has 106 valence electrons. The molecule has 0 radical (unpaired) electrons. The van der Waals surface area contributed by atoms with Crippen LogP contribution in [0.1, 0.15) is 20.3 Å². The van der Waals surface area contributed by atoms with Crippen LogP contribution in [0.5, 0.6) is 0 Å². The highest BCUT2D eigenvalue weighted by atomic mass is 35.5. The molecule has 0 amide bonds. The van der Waals surface area contributed by atoms with E-state index in [-0.39, 0.29) is 21.0 Å². The van der Waals surface area contributed by atoms with Crippen molar-refractivity contribution in [1.82, 2.24) is 4.31 Å². The fourth-order valence-corrected chi connectivity index (χ4v) is 4.30. The molecule has 0 saturated carbocycles. The Morgan fingerprint density at radius 2 is 2.05 bits per heavy atom. The average Bonchev–Trinajstić information content (AvgIpc) is 2.64. The number of halogens is 2. The summed E-state index contributed by atoms with van der Waals surface area (Å²) in [7, 11) is -3.72. The zero-order valence-corrected chi connectivity index (χ0v) is 12.4. The Labute approximate surface area is 117 Å². The predicted octanol–water partition coefficient (Wildman–Crippen LogP) is 2.48. The molecule has 1 aliphatic rings. The first-order chi connectivity index (χ1) is 8.63. The van der Waals surface area contributed by atoms with Crippen LogP contribution in [-0.2, 0) is 10.0 Å². The van der Waals surface area contributed by atoms with Crippen molar-refractivity contribution >= 4 is 27.3 Å². The van der Waals surface area contributed by atoms with E-state index in [2.05, 4.69) is 0 Å². The van der Waals surface area contributed by atoms with E-state index in [0.29, 0.717) is 13.1 Å². The van der Waals surface area contributed by atoms with Gasteiger partial charge in [-0.25, -0.2) is 12.8 Å². The van der Waals surface area contributed by atoms with Crippen molar-refractivity contribution in [1.29, 1.82) is 0 Å². The van der Waals surface area contributed by atoms with Crippen LogP contribution in [0.3, 0.4) is 0 Å². The van der Waals surface area contributed by atoms with Gasteiger partial charge in [0.2, 0.25) is 10.0 Å². The van der Waals surface area contributed by atoms with Gasteiger partial charge in [-0.1, -0.05) is 25.4 Å². The number of anilines is 1. The average molecular weight is 307 g/mol. The Morgan fingerprint density at radius 3 is 2.58 bits per heavy atom. The SMILES string of the molecule is CC1(C)CCN(S(=O)(=O)c2cc(N)c(F)cc2Cl)C1. The lowest BCUT2D eigenvalue weighted by Crippen LogP contribution is -2.30. The van der Waals surface area contributed by atoms with Crippen molar-refractivity contribution in [3.8, 4) is 0 Å². The van der Waals surface area contributed by atoms with Gasteiger partial charge in [-0.15, -0.1) is 0 Å². The largest absolute Gasteiger partial charge is 0.396 e. The highest BCUT2D eigenvalue weighted by molar-refractivity contribution is 7.89. The summed E-state index contributed by atoms with van der Waals surface area (Å²) >= 11 is 5.83. The van der Waals surface area contributed by atoms with E-state index in [9.17, 15) is 12.8 Å². The number of sulfonamides is 1. The first-order valence-corrected chi connectivity index (χ1v) is 7.70. The molecule has 0 bridgehead atoms. The van der Waals surface area contributed by atoms with E-state index in [1.807, 2.05) is 13.8 Å². The van der Waals surface area contributed by atoms with Gasteiger partial charge in [0.1, 0.15) is 10.7 Å². The summed E-state index contributed by atoms with van der Waals surface area (Å²) in [5.74, 6) is -0.717. The molecule has 1 aromatic carbocycles. The standard InChI is InChI=1S/C12H16ClFN2O2S/c1-12(2)3-4-16(7-12)19(17,18)11-6-10(15)9(14)5-8(11)13/h5-6H,3-4,7,15H2,1-2H3. The molecule has 1 heterocycles. The molecule has 0 aromatic heterocycles. The van der Waals surface area contributed by atoms with Crippen LogP contribution < -0.4 is 5.73 Å². The lowest BCUT2D eigenvalue weighted by Gasteiger charge is -2.20. The van der Waals surface area contributed by atoms with Crippen molar-refractivity contribution in [2.75, 3.05) is 18.8 Å². The molecular formula is C12H16ClFN2O2S. The molecule has 1 saturated heterocycles. The van der Waals surface area contributed by atoms with Crippen molar-refractivity contribution in [2.45, 2.75) is 25.2 Å². The van der Waals surface area contributed by atoms with Gasteiger partial charge in [0, 0.05) is 13.1 Å². The van der Waals surface area contributed by atoms with Crippen molar-refractivity contribution in [3.05, 3.63) is 23.0 Å². The summed E-state index contributed by atoms with van der Waals surface area (Å²) in [5.41, 5.74) is 5.14. The first kappa shape index (κ1) is 14.6. The number of rotatable bonds is 2. The van der Waals surface area contributed by atoms with Gasteiger partial charge in [0.25, 0.3) is 0 Å². The zero-order chi connectivity index (χ0) is 14.4. The van der Waals surface area contributed by atoms with Crippen LogP contribution >= 0.6 is 11.6 Å². The van der Waals surface area contributed by atoms with E-state index < -0.39 is 15.8 Å². The van der Waals surface area contributed by atoms with Crippen LogP contribution in [0.2, 0.25) is 5.02 Å². The van der Waals surface area contributed by atoms with Gasteiger partial charge in [-0.3, -0.25) is 0 Å². The fourth-order valence-electron chi connectivity index (χ4n) is 2.15. The summed E-state index contributed by atoms with van der Waals surface area (Å²) in [4.78, 5) is -0.134. The molecule has 1 aromatic rings. The molecule has 0 atom stereocenters. The summed E-state index contributed by atoms with van der Waals surface area (Å²) in [6.45, 7) is 4.86. The second kappa shape index (κ2) is 4.61. The summed E-state index contributed by atoms with van der Waals surface area (Å²) in [6, 6.07) is 2.02. The zero-order valence-electron chi connectivity index (χ0n) is 10.8. The molecule has 2 N–H and O–H groups in total. The lowest BCUT2D eigenvalue weighted by atomic mass is 9.93. The van der Waals surface area contributed by atoms with Gasteiger partial charge < -0.3 is 5.73 Å². The summed E-state index contributed by atoms with van der Waals surface area (Å²) < 4.78 is 39.5. The molecule has 19 heavy (non-hydrogen) atoms. The molecule has 2 rings (SSSR count). The third-order valence-electron chi connectivity index (χ3n) is 3.31. The van der Waals surface area contributed by atoms with E-state index in [4.69, 9.17) is 17.3 Å². The minimum atomic E-state index is -3.72. The number of hydrogen-bond donors (Lipinski definition) is 1. The van der Waals surface area contributed by atoms with E-state index in [0.717, 1.165) is 18.6 Å². The molecule has 0 unspecified atom stereocenters. The summed E-state index contributed by atoms with van der Waals surface area (Å²) in [5, 5.41) is -0.142. The molecular weight excluding hydrogens is 291 g/mol. The van der Waals surface area contributed by atoms with Gasteiger partial charge in [-0.05, 0) is 24.0 Å². The van der Waals surface area contributed by atoms with Crippen LogP contribution in [0.25, 0.3) is 0 Å². The first-order valence-electron chi connectivity index (χ1n) is 5.88. The maximum absolute atomic E-state index is 13.2. The Kier molecular flexibility index (Phi) is 3.53. The fraction of sp³-hybridized carbons (Fsp3) is 0.500. The van der Waals surface area contributed by atoms with Crippen molar-refractivity contribution in [3.63, 3.8) is 0 Å². The minimum absolute atomic E-state index is 0.0644. The van der Waals surface area contributed by atoms with Gasteiger partial charge in [0.05, 0.1) is 10.7 Å². The van der Waals surface area contributed by atoms with Gasteiger partial charge in [0.15, 0.2) is 0 Å². The van der Waals surface area contributed by atoms with Crippen LogP contribution in [0.4, 0.5) is 10.1 Å². The molecule has 0 spiro atoms. The molecule has 7 heteroatoms. The summed E-state index contributed by atoms with van der Waals surface area (Å²) in [6.07, 6.45) is 0.778. The highest BCUT2D eigenvalue weighted by Crippen LogP contribution is 2.35. The lowest BCUT2D eigenvalue weighted by molar-refractivity contribution is 0.375. The predicted molar refractivity (Wildman–Crippen MR) is 73.0 cm³/mol. The molecule has 1 aliphatic heterocycles. The van der Waals surface area contributed by atoms with E-state index in [1.165, 1.54) is 4.31 Å². The van der Waals surface area contributed by atoms with Gasteiger partial charge >= 0.3 is 0 Å². The quantitative estimate of drug-likeness (QED) is 0.854. The Bertz CT molecular complexity index is 616. The second-order valence-corrected chi connectivity index (χ2v) is 7.87. The van der Waals surface area contributed by atoms with Crippen molar-refractivity contribution < 1.29 is 12.8 Å². The van der Waals surface area contributed by atoms with E-state index >= 15 is 0 Å². The maximum atomic E-state index is 13.2. The Balaban J connectivity index is 2.44. The van der Waals surface area contributed by atoms with Gasteiger partial charge in [-0.2, -0.15) is 4.31 Å². The Morgan fingerprint density at radius 1 is 1.42 bits per heavy atom. The third-order valence-corrected chi connectivity index (χ3v) is 5.62. The molecule has 4 nitrogen and oxygen atoms in total. The highest BCUT2D eigenvalue weighted by Gasteiger charge is 2.37. The second-order valence-electron chi connectivity index (χ2n) is 5.56. The number of nitrogens with two attached hydrogens (primary N) is 1. The number of nitrogens with zero attached hydrogens (tertiary/aromatic N) is 1. The number of benzene rings is 1. The topological polar surface area (TPSA) is 63.4 Å². The minimum Gasteiger partial charge on any atom is -0.396 e. The monoisotopic (exact) mass is 306 g/mol. The smallest absolute Gasteiger partial charge is 0.244 e. The van der Waals surface area contributed by atoms with Crippen LogP contribution in [-0.4, -0.2) is 25.8 Å². The Hall–Kier alpha value is -0.850. The van der Waals surface area contributed by atoms with Crippen LogP contribution in [0.15, 0.2) is 17.0 Å². The van der Waals surface area contributed by atoms with Crippen LogP contribution in [0, 0.1) is 11.2 Å². The maximum Gasteiger partial charge on any atom is 0.244 e. The van der Waals surface area contributed by atoms with E-state index in [1.54, 1.807) is 0 Å². The normalized spacial score (nSPS) is 19.8. The molecule has 1 fully saturated rings. The number of hydrogen-bond acceptors (Lipinski definition) is 3. The van der Waals surface area contributed by atoms with Crippen molar-refractivity contribution in [2.24, 2.45) is 5.41 Å².